The van der Waals surface area contributed by atoms with Crippen LogP contribution in [0.3, 0.4) is 0 Å². The highest BCUT2D eigenvalue weighted by Crippen LogP contribution is 2.40. The Balaban J connectivity index is 2.17. The molecule has 3 rings (SSSR count). The Morgan fingerprint density at radius 3 is 2.86 bits per heavy atom. The molecule has 1 aliphatic rings. The van der Waals surface area contributed by atoms with Crippen molar-refractivity contribution in [2.75, 3.05) is 19.8 Å². The molecule has 0 aliphatic heterocycles. The minimum absolute atomic E-state index is 0.837. The molecule has 1 aliphatic carbocycles. The Morgan fingerprint density at radius 2 is 2.10 bits per heavy atom. The number of aromatic nitrogens is 2. The molecule has 0 fully saturated rings. The van der Waals surface area contributed by atoms with Crippen molar-refractivity contribution in [1.82, 2.24) is 14.9 Å². The van der Waals surface area contributed by atoms with Crippen molar-refractivity contribution in [3.63, 3.8) is 0 Å². The van der Waals surface area contributed by atoms with Crippen LogP contribution in [-0.4, -0.2) is 41.1 Å². The molecule has 0 radical (unpaired) electrons. The number of thioether (sulfide) groups is 1. The van der Waals surface area contributed by atoms with Crippen LogP contribution in [0.5, 0.6) is 0 Å². The van der Waals surface area contributed by atoms with E-state index in [4.69, 9.17) is 4.98 Å². The van der Waals surface area contributed by atoms with Crippen LogP contribution in [0.15, 0.2) is 10.1 Å². The maximum atomic E-state index is 4.74. The smallest absolute Gasteiger partial charge is 0.190 e. The number of nitrogens with zero attached hydrogens (tertiary/aromatic N) is 4. The van der Waals surface area contributed by atoms with Gasteiger partial charge >= 0.3 is 0 Å². The first-order chi connectivity index (χ1) is 10.2. The number of rotatable bonds is 4. The van der Waals surface area contributed by atoms with Gasteiger partial charge in [0.15, 0.2) is 11.0 Å². The summed E-state index contributed by atoms with van der Waals surface area (Å²) in [4.78, 5) is 18.6. The number of hydrogen-bond donors (Lipinski definition) is 0. The van der Waals surface area contributed by atoms with E-state index < -0.39 is 0 Å². The SMILES string of the molecule is CCSc1nc(/N=C/N(C)C)c2c3c(sc2n1)CCCC3. The largest absolute Gasteiger partial charge is 0.369 e. The molecule has 0 amide bonds. The van der Waals surface area contributed by atoms with E-state index in [1.165, 1.54) is 35.1 Å². The number of aryl methyl sites for hydroxylation is 2. The van der Waals surface area contributed by atoms with Crippen LogP contribution in [0.25, 0.3) is 10.2 Å². The summed E-state index contributed by atoms with van der Waals surface area (Å²) in [6, 6.07) is 0. The van der Waals surface area contributed by atoms with Crippen LogP contribution < -0.4 is 0 Å². The molecule has 0 unspecified atom stereocenters. The van der Waals surface area contributed by atoms with E-state index in [0.717, 1.165) is 28.0 Å². The first kappa shape index (κ1) is 14.8. The number of fused-ring (bicyclic) bond motifs is 3. The summed E-state index contributed by atoms with van der Waals surface area (Å²) in [5.74, 6) is 1.82. The van der Waals surface area contributed by atoms with Crippen molar-refractivity contribution < 1.29 is 0 Å². The lowest BCUT2D eigenvalue weighted by molar-refractivity contribution is 0.643. The van der Waals surface area contributed by atoms with Gasteiger partial charge in [-0.1, -0.05) is 18.7 Å². The monoisotopic (exact) mass is 320 g/mol. The van der Waals surface area contributed by atoms with Crippen LogP contribution in [0.2, 0.25) is 0 Å². The van der Waals surface area contributed by atoms with E-state index in [2.05, 4.69) is 16.9 Å². The highest BCUT2D eigenvalue weighted by molar-refractivity contribution is 7.99. The van der Waals surface area contributed by atoms with E-state index in [9.17, 15) is 0 Å². The Hall–Kier alpha value is -1.14. The van der Waals surface area contributed by atoms with E-state index >= 15 is 0 Å². The van der Waals surface area contributed by atoms with Gasteiger partial charge in [0, 0.05) is 19.0 Å². The predicted octanol–water partition coefficient (Wildman–Crippen LogP) is 3.90. The Morgan fingerprint density at radius 1 is 1.29 bits per heavy atom. The molecule has 0 atom stereocenters. The lowest BCUT2D eigenvalue weighted by atomic mass is 9.97. The Kier molecular flexibility index (Phi) is 4.45. The second-order valence-electron chi connectivity index (χ2n) is 5.36. The van der Waals surface area contributed by atoms with Crippen molar-refractivity contribution in [3.05, 3.63) is 10.4 Å². The van der Waals surface area contributed by atoms with Gasteiger partial charge in [-0.05, 0) is 37.0 Å². The maximum Gasteiger partial charge on any atom is 0.190 e. The van der Waals surface area contributed by atoms with Gasteiger partial charge < -0.3 is 4.90 Å². The Bertz CT molecular complexity index is 676. The lowest BCUT2D eigenvalue weighted by Crippen LogP contribution is -2.07. The summed E-state index contributed by atoms with van der Waals surface area (Å²) in [7, 11) is 3.96. The second-order valence-corrected chi connectivity index (χ2v) is 7.68. The van der Waals surface area contributed by atoms with Crippen molar-refractivity contribution in [1.29, 1.82) is 0 Å². The molecule has 21 heavy (non-hydrogen) atoms. The first-order valence-corrected chi connectivity index (χ1v) is 9.15. The summed E-state index contributed by atoms with van der Waals surface area (Å²) in [5.41, 5.74) is 1.44. The first-order valence-electron chi connectivity index (χ1n) is 7.34. The highest BCUT2D eigenvalue weighted by atomic mass is 32.2. The minimum Gasteiger partial charge on any atom is -0.369 e. The molecule has 2 aromatic rings. The fourth-order valence-electron chi connectivity index (χ4n) is 2.58. The molecule has 0 N–H and O–H groups in total. The number of aliphatic imine (C=N–C) groups is 1. The summed E-state index contributed by atoms with van der Waals surface area (Å²) >= 11 is 3.52. The maximum absolute atomic E-state index is 4.74. The molecule has 0 bridgehead atoms. The zero-order valence-electron chi connectivity index (χ0n) is 12.7. The summed E-state index contributed by atoms with van der Waals surface area (Å²) in [6.45, 7) is 2.13. The van der Waals surface area contributed by atoms with Gasteiger partial charge in [0.05, 0.1) is 11.7 Å². The van der Waals surface area contributed by atoms with Gasteiger partial charge in [-0.2, -0.15) is 0 Å². The zero-order valence-corrected chi connectivity index (χ0v) is 14.4. The molecular formula is C15H20N4S2. The van der Waals surface area contributed by atoms with Gasteiger partial charge in [-0.3, -0.25) is 0 Å². The average molecular weight is 320 g/mol. The fraction of sp³-hybridized carbons (Fsp3) is 0.533. The topological polar surface area (TPSA) is 41.4 Å². The zero-order chi connectivity index (χ0) is 14.8. The molecule has 0 saturated carbocycles. The highest BCUT2D eigenvalue weighted by Gasteiger charge is 2.20. The quantitative estimate of drug-likeness (QED) is 0.371. The number of thiophene rings is 1. The predicted molar refractivity (Wildman–Crippen MR) is 92.3 cm³/mol. The van der Waals surface area contributed by atoms with E-state index in [1.807, 2.05) is 36.7 Å². The van der Waals surface area contributed by atoms with Crippen molar-refractivity contribution in [2.24, 2.45) is 4.99 Å². The van der Waals surface area contributed by atoms with Gasteiger partial charge in [0.2, 0.25) is 0 Å². The molecule has 112 valence electrons. The van der Waals surface area contributed by atoms with Crippen LogP contribution in [0.4, 0.5) is 5.82 Å². The summed E-state index contributed by atoms with van der Waals surface area (Å²) in [6.07, 6.45) is 6.71. The molecule has 6 heteroatoms. The van der Waals surface area contributed by atoms with Crippen LogP contribution in [0.1, 0.15) is 30.2 Å². The Labute approximate surface area is 133 Å². The van der Waals surface area contributed by atoms with Crippen molar-refractivity contribution in [2.45, 2.75) is 37.8 Å². The lowest BCUT2D eigenvalue weighted by Gasteiger charge is -2.11. The van der Waals surface area contributed by atoms with Gasteiger partial charge in [-0.25, -0.2) is 15.0 Å². The summed E-state index contributed by atoms with van der Waals surface area (Å²) in [5, 5.41) is 2.03. The van der Waals surface area contributed by atoms with Crippen LogP contribution >= 0.6 is 23.1 Å². The van der Waals surface area contributed by atoms with Gasteiger partial charge in [0.25, 0.3) is 0 Å². The third kappa shape index (κ3) is 3.06. The third-order valence-corrected chi connectivity index (χ3v) is 5.37. The van der Waals surface area contributed by atoms with Gasteiger partial charge in [-0.15, -0.1) is 11.3 Å². The molecular weight excluding hydrogens is 300 g/mol. The van der Waals surface area contributed by atoms with Crippen LogP contribution in [0, 0.1) is 0 Å². The molecule has 0 saturated heterocycles. The number of hydrogen-bond acceptors (Lipinski definition) is 5. The summed E-state index contributed by atoms with van der Waals surface area (Å²) < 4.78 is 0. The standard InChI is InChI=1S/C15H20N4S2/c1-4-20-15-17-13(16-9-19(2)3)12-10-7-5-6-8-11(10)21-14(12)18-15/h9H,4-8H2,1-3H3/b16-9+. The molecule has 2 heterocycles. The normalized spacial score (nSPS) is 14.8. The van der Waals surface area contributed by atoms with Crippen LogP contribution in [-0.2, 0) is 12.8 Å². The molecule has 2 aromatic heterocycles. The molecule has 0 spiro atoms. The van der Waals surface area contributed by atoms with E-state index in [1.54, 1.807) is 11.8 Å². The minimum atomic E-state index is 0.837. The fourth-order valence-corrected chi connectivity index (χ4v) is 4.46. The van der Waals surface area contributed by atoms with Crippen molar-refractivity contribution >= 4 is 45.5 Å². The van der Waals surface area contributed by atoms with E-state index in [0.29, 0.717) is 0 Å². The molecule has 4 nitrogen and oxygen atoms in total. The van der Waals surface area contributed by atoms with Crippen molar-refractivity contribution in [3.8, 4) is 0 Å². The average Bonchev–Trinajstić information content (AvgIpc) is 2.83. The second kappa shape index (κ2) is 6.32. The third-order valence-electron chi connectivity index (χ3n) is 3.46. The van der Waals surface area contributed by atoms with Gasteiger partial charge in [0.1, 0.15) is 4.83 Å². The van der Waals surface area contributed by atoms with E-state index in [-0.39, 0.29) is 0 Å². The molecule has 0 aromatic carbocycles.